The summed E-state index contributed by atoms with van der Waals surface area (Å²) in [6, 6.07) is 7.03. The van der Waals surface area contributed by atoms with Crippen molar-refractivity contribution in [3.8, 4) is 0 Å². The van der Waals surface area contributed by atoms with Crippen molar-refractivity contribution in [3.05, 3.63) is 29.3 Å². The summed E-state index contributed by atoms with van der Waals surface area (Å²) in [6.45, 7) is 2.03. The van der Waals surface area contributed by atoms with Crippen LogP contribution in [0.1, 0.15) is 26.2 Å². The third-order valence-corrected chi connectivity index (χ3v) is 7.56. The van der Waals surface area contributed by atoms with Crippen LogP contribution in [0.25, 0.3) is 0 Å². The van der Waals surface area contributed by atoms with Gasteiger partial charge in [0.25, 0.3) is 0 Å². The van der Waals surface area contributed by atoms with E-state index in [1.54, 1.807) is 12.1 Å². The molecule has 1 aromatic rings. The van der Waals surface area contributed by atoms with E-state index < -0.39 is 9.84 Å². The van der Waals surface area contributed by atoms with Crippen molar-refractivity contribution in [3.63, 3.8) is 0 Å². The number of benzene rings is 1. The minimum Gasteiger partial charge on any atom is -0.316 e. The predicted octanol–water partition coefficient (Wildman–Crippen LogP) is 3.13. The van der Waals surface area contributed by atoms with Crippen molar-refractivity contribution in [1.82, 2.24) is 0 Å². The van der Waals surface area contributed by atoms with E-state index in [4.69, 9.17) is 11.6 Å². The molecule has 3 rings (SSSR count). The van der Waals surface area contributed by atoms with E-state index in [2.05, 4.69) is 4.99 Å². The highest BCUT2D eigenvalue weighted by molar-refractivity contribution is 8.16. The number of aliphatic imine (C=N–C) groups is 1. The normalized spacial score (nSPS) is 26.8. The first-order valence-corrected chi connectivity index (χ1v) is 11.0. The van der Waals surface area contributed by atoms with Gasteiger partial charge in [0.2, 0.25) is 5.91 Å². The number of thioether (sulfide) groups is 1. The van der Waals surface area contributed by atoms with Gasteiger partial charge in [0.15, 0.2) is 15.0 Å². The monoisotopic (exact) mass is 386 g/mol. The molecule has 2 aliphatic heterocycles. The minimum atomic E-state index is -3.06. The fourth-order valence-electron chi connectivity index (χ4n) is 2.98. The van der Waals surface area contributed by atoms with Crippen LogP contribution < -0.4 is 4.90 Å². The molecule has 24 heavy (non-hydrogen) atoms. The zero-order valence-corrected chi connectivity index (χ0v) is 15.7. The fourth-order valence-corrected chi connectivity index (χ4v) is 7.10. The first kappa shape index (κ1) is 17.8. The van der Waals surface area contributed by atoms with Crippen LogP contribution in [0.5, 0.6) is 0 Å². The molecule has 0 unspecified atom stereocenters. The Morgan fingerprint density at radius 1 is 1.42 bits per heavy atom. The van der Waals surface area contributed by atoms with Crippen LogP contribution in [0, 0.1) is 0 Å². The molecule has 0 bridgehead atoms. The Kier molecular flexibility index (Phi) is 5.22. The number of sulfone groups is 1. The number of hydrogen-bond donors (Lipinski definition) is 0. The predicted molar refractivity (Wildman–Crippen MR) is 99.7 cm³/mol. The number of unbranched alkanes of at least 4 members (excludes halogenated alkanes) is 1. The number of amides is 1. The van der Waals surface area contributed by atoms with Gasteiger partial charge in [-0.05, 0) is 24.6 Å². The highest BCUT2D eigenvalue weighted by Crippen LogP contribution is 2.41. The van der Waals surface area contributed by atoms with E-state index in [0.717, 1.165) is 18.5 Å². The largest absolute Gasteiger partial charge is 0.316 e. The number of nitrogens with zero attached hydrogens (tertiary/aromatic N) is 2. The molecule has 1 aromatic carbocycles. The lowest BCUT2D eigenvalue weighted by molar-refractivity contribution is -0.117. The average molecular weight is 387 g/mol. The number of rotatable bonds is 4. The van der Waals surface area contributed by atoms with Crippen LogP contribution >= 0.6 is 23.4 Å². The lowest BCUT2D eigenvalue weighted by Crippen LogP contribution is -2.37. The molecule has 2 heterocycles. The topological polar surface area (TPSA) is 66.8 Å². The van der Waals surface area contributed by atoms with Crippen molar-refractivity contribution >= 4 is 50.0 Å². The van der Waals surface area contributed by atoms with Gasteiger partial charge in [-0.2, -0.15) is 4.99 Å². The molecule has 0 spiro atoms. The molecule has 0 radical (unpaired) electrons. The molecule has 2 saturated heterocycles. The number of hydrogen-bond acceptors (Lipinski definition) is 4. The minimum absolute atomic E-state index is 0.0827. The van der Waals surface area contributed by atoms with E-state index >= 15 is 0 Å². The van der Waals surface area contributed by atoms with Crippen LogP contribution in [0.4, 0.5) is 5.69 Å². The van der Waals surface area contributed by atoms with E-state index in [0.29, 0.717) is 16.6 Å². The number of anilines is 1. The quantitative estimate of drug-likeness (QED) is 0.795. The highest BCUT2D eigenvalue weighted by atomic mass is 35.5. The lowest BCUT2D eigenvalue weighted by atomic mass is 10.2. The van der Waals surface area contributed by atoms with Crippen molar-refractivity contribution in [2.45, 2.75) is 37.5 Å². The van der Waals surface area contributed by atoms with Gasteiger partial charge in [0.05, 0.1) is 17.5 Å². The first-order valence-electron chi connectivity index (χ1n) is 7.93. The molecule has 1 amide bonds. The second-order valence-corrected chi connectivity index (χ2v) is 9.84. The van der Waals surface area contributed by atoms with E-state index in [1.807, 2.05) is 24.0 Å². The molecule has 5 nitrogen and oxygen atoms in total. The Morgan fingerprint density at radius 3 is 2.92 bits per heavy atom. The van der Waals surface area contributed by atoms with Gasteiger partial charge in [-0.15, -0.1) is 0 Å². The van der Waals surface area contributed by atoms with Crippen molar-refractivity contribution < 1.29 is 13.2 Å². The zero-order chi connectivity index (χ0) is 17.3. The molecule has 2 atom stereocenters. The zero-order valence-electron chi connectivity index (χ0n) is 13.3. The number of amidine groups is 1. The Labute approximate surface area is 151 Å². The number of carbonyl (C=O) groups excluding carboxylic acids is 1. The maximum Gasteiger partial charge on any atom is 0.248 e. The maximum absolute atomic E-state index is 12.1. The third kappa shape index (κ3) is 3.78. The second kappa shape index (κ2) is 7.06. The summed E-state index contributed by atoms with van der Waals surface area (Å²) in [5.41, 5.74) is 0.779. The second-order valence-electron chi connectivity index (χ2n) is 6.04. The van der Waals surface area contributed by atoms with Gasteiger partial charge in [0, 0.05) is 22.4 Å². The molecule has 130 valence electrons. The first-order chi connectivity index (χ1) is 11.4. The van der Waals surface area contributed by atoms with E-state index in [-0.39, 0.29) is 28.7 Å². The Hall–Kier alpha value is -1.05. The summed E-state index contributed by atoms with van der Waals surface area (Å²) >= 11 is 7.47. The molecule has 0 saturated carbocycles. The van der Waals surface area contributed by atoms with Crippen LogP contribution in [0.2, 0.25) is 5.02 Å². The van der Waals surface area contributed by atoms with Gasteiger partial charge < -0.3 is 4.90 Å². The summed E-state index contributed by atoms with van der Waals surface area (Å²) in [6.07, 6.45) is 2.15. The number of carbonyl (C=O) groups is 1. The molecule has 0 aromatic heterocycles. The van der Waals surface area contributed by atoms with E-state index in [1.165, 1.54) is 11.8 Å². The molecular formula is C16H19ClN2O3S2. The molecule has 0 aliphatic carbocycles. The van der Waals surface area contributed by atoms with Gasteiger partial charge in [0.1, 0.15) is 0 Å². The molecule has 8 heteroatoms. The van der Waals surface area contributed by atoms with Gasteiger partial charge in [-0.3, -0.25) is 4.79 Å². The lowest BCUT2D eigenvalue weighted by Gasteiger charge is -2.24. The van der Waals surface area contributed by atoms with Gasteiger partial charge in [-0.25, -0.2) is 8.42 Å². The van der Waals surface area contributed by atoms with Crippen LogP contribution in [0.3, 0.4) is 0 Å². The van der Waals surface area contributed by atoms with Crippen molar-refractivity contribution in [2.75, 3.05) is 16.4 Å². The fraction of sp³-hybridized carbons (Fsp3) is 0.500. The van der Waals surface area contributed by atoms with Crippen molar-refractivity contribution in [1.29, 1.82) is 0 Å². The molecule has 0 N–H and O–H groups in total. The third-order valence-electron chi connectivity index (χ3n) is 4.12. The maximum atomic E-state index is 12.1. The summed E-state index contributed by atoms with van der Waals surface area (Å²) < 4.78 is 24.0. The summed E-state index contributed by atoms with van der Waals surface area (Å²) in [5, 5.41) is 1.06. The standard InChI is InChI=1S/C16H19ClN2O3S2/c1-2-3-7-15(20)18-16-19(12-6-4-5-11(17)8-12)13-9-24(21,22)10-14(13)23-16/h4-6,8,13-14H,2-3,7,9-10H2,1H3/t13-,14+/m1/s1. The number of fused-ring (bicyclic) bond motifs is 1. The highest BCUT2D eigenvalue weighted by Gasteiger charge is 2.49. The Morgan fingerprint density at radius 2 is 2.21 bits per heavy atom. The summed E-state index contributed by atoms with van der Waals surface area (Å²) in [5.74, 6) is 0.0511. The van der Waals surface area contributed by atoms with Gasteiger partial charge >= 0.3 is 0 Å². The Bertz CT molecular complexity index is 779. The molecule has 2 fully saturated rings. The molecule has 2 aliphatic rings. The smallest absolute Gasteiger partial charge is 0.248 e. The number of halogens is 1. The van der Waals surface area contributed by atoms with Crippen LogP contribution in [-0.4, -0.2) is 42.3 Å². The Balaban J connectivity index is 1.94. The average Bonchev–Trinajstić information content (AvgIpc) is 2.96. The SMILES string of the molecule is CCCCC(=O)N=C1S[C@H]2CS(=O)(=O)C[C@H]2N1c1cccc(Cl)c1. The van der Waals surface area contributed by atoms with Crippen molar-refractivity contribution in [2.24, 2.45) is 4.99 Å². The summed E-state index contributed by atoms with van der Waals surface area (Å²) in [4.78, 5) is 18.2. The molecular weight excluding hydrogens is 368 g/mol. The van der Waals surface area contributed by atoms with Crippen LogP contribution in [-0.2, 0) is 14.6 Å². The van der Waals surface area contributed by atoms with Crippen LogP contribution in [0.15, 0.2) is 29.3 Å². The van der Waals surface area contributed by atoms with E-state index in [9.17, 15) is 13.2 Å². The summed E-state index contributed by atoms with van der Waals surface area (Å²) in [7, 11) is -3.06. The van der Waals surface area contributed by atoms with Gasteiger partial charge in [-0.1, -0.05) is 42.8 Å².